The maximum Gasteiger partial charge on any atom is 0.126 e. The van der Waals surface area contributed by atoms with Gasteiger partial charge in [0.1, 0.15) is 11.6 Å². The molecule has 0 amide bonds. The summed E-state index contributed by atoms with van der Waals surface area (Å²) >= 11 is 0. The minimum atomic E-state index is -0.585. The van der Waals surface area contributed by atoms with Gasteiger partial charge in [0.15, 0.2) is 0 Å². The number of aromatic nitrogens is 1. The molecule has 0 aliphatic rings. The Bertz CT molecular complexity index is 480. The van der Waals surface area contributed by atoms with E-state index in [2.05, 4.69) is 4.98 Å². The molecule has 1 atom stereocenters. The van der Waals surface area contributed by atoms with Gasteiger partial charge in [0.2, 0.25) is 0 Å². The average molecular weight is 234 g/mol. The van der Waals surface area contributed by atoms with Crippen molar-refractivity contribution in [1.82, 2.24) is 4.98 Å². The van der Waals surface area contributed by atoms with Gasteiger partial charge < -0.3 is 5.73 Å². The molecular weight excluding hydrogens is 222 g/mol. The molecule has 2 aromatic rings. The van der Waals surface area contributed by atoms with Crippen molar-refractivity contribution in [3.63, 3.8) is 0 Å². The van der Waals surface area contributed by atoms with Crippen LogP contribution in [0, 0.1) is 11.6 Å². The van der Waals surface area contributed by atoms with Crippen molar-refractivity contribution < 1.29 is 8.78 Å². The molecule has 0 aliphatic carbocycles. The fourth-order valence-electron chi connectivity index (χ4n) is 1.70. The van der Waals surface area contributed by atoms with Crippen LogP contribution in [0.5, 0.6) is 0 Å². The van der Waals surface area contributed by atoms with E-state index in [0.29, 0.717) is 12.0 Å². The summed E-state index contributed by atoms with van der Waals surface area (Å²) in [5.41, 5.74) is 7.33. The third kappa shape index (κ3) is 3.07. The molecule has 88 valence electrons. The van der Waals surface area contributed by atoms with Crippen LogP contribution in [0.1, 0.15) is 17.2 Å². The molecule has 4 heteroatoms. The molecule has 1 unspecified atom stereocenters. The first-order valence-corrected chi connectivity index (χ1v) is 5.25. The summed E-state index contributed by atoms with van der Waals surface area (Å²) in [6.07, 6.45) is 3.68. The molecule has 2 N–H and O–H groups in total. The molecule has 17 heavy (non-hydrogen) atoms. The van der Waals surface area contributed by atoms with Crippen molar-refractivity contribution in [2.24, 2.45) is 5.73 Å². The molecule has 1 aromatic carbocycles. The second kappa shape index (κ2) is 5.01. The summed E-state index contributed by atoms with van der Waals surface area (Å²) in [4.78, 5) is 3.95. The maximum atomic E-state index is 13.0. The first kappa shape index (κ1) is 11.7. The van der Waals surface area contributed by atoms with E-state index in [1.165, 1.54) is 12.1 Å². The van der Waals surface area contributed by atoms with E-state index < -0.39 is 11.6 Å². The predicted molar refractivity (Wildman–Crippen MR) is 61.2 cm³/mol. The fraction of sp³-hybridized carbons (Fsp3) is 0.154. The molecule has 2 rings (SSSR count). The van der Waals surface area contributed by atoms with Crippen LogP contribution in [0.25, 0.3) is 0 Å². The second-order valence-electron chi connectivity index (χ2n) is 3.87. The Morgan fingerprint density at radius 3 is 2.47 bits per heavy atom. The quantitative estimate of drug-likeness (QED) is 0.886. The van der Waals surface area contributed by atoms with Gasteiger partial charge in [0.05, 0.1) is 0 Å². The lowest BCUT2D eigenvalue weighted by molar-refractivity contribution is 0.576. The molecule has 0 radical (unpaired) electrons. The number of rotatable bonds is 3. The Morgan fingerprint density at radius 2 is 1.88 bits per heavy atom. The number of hydrogen-bond acceptors (Lipinski definition) is 2. The first-order valence-electron chi connectivity index (χ1n) is 5.25. The fourth-order valence-corrected chi connectivity index (χ4v) is 1.70. The third-order valence-electron chi connectivity index (χ3n) is 2.49. The summed E-state index contributed by atoms with van der Waals surface area (Å²) in [5, 5.41) is 0. The normalized spacial score (nSPS) is 12.4. The van der Waals surface area contributed by atoms with Gasteiger partial charge in [-0.05, 0) is 35.7 Å². The zero-order valence-corrected chi connectivity index (χ0v) is 9.11. The minimum Gasteiger partial charge on any atom is -0.324 e. The Balaban J connectivity index is 2.16. The molecule has 1 aromatic heterocycles. The van der Waals surface area contributed by atoms with Crippen LogP contribution in [0.3, 0.4) is 0 Å². The largest absolute Gasteiger partial charge is 0.324 e. The standard InChI is InChI=1S/C13H12F2N2/c14-11-4-9(5-12(15)7-11)6-13(16)10-2-1-3-17-8-10/h1-5,7-8,13H,6,16H2. The molecule has 0 aliphatic heterocycles. The lowest BCUT2D eigenvalue weighted by Crippen LogP contribution is -2.13. The highest BCUT2D eigenvalue weighted by Gasteiger charge is 2.08. The van der Waals surface area contributed by atoms with Crippen molar-refractivity contribution in [1.29, 1.82) is 0 Å². The van der Waals surface area contributed by atoms with Crippen LogP contribution in [0.4, 0.5) is 8.78 Å². The number of benzene rings is 1. The highest BCUT2D eigenvalue weighted by molar-refractivity contribution is 5.22. The van der Waals surface area contributed by atoms with Crippen LogP contribution in [-0.2, 0) is 6.42 Å². The molecule has 0 saturated carbocycles. The van der Waals surface area contributed by atoms with Gasteiger partial charge in [-0.2, -0.15) is 0 Å². The van der Waals surface area contributed by atoms with Gasteiger partial charge >= 0.3 is 0 Å². The van der Waals surface area contributed by atoms with E-state index >= 15 is 0 Å². The summed E-state index contributed by atoms with van der Waals surface area (Å²) in [5.74, 6) is -1.17. The Kier molecular flexibility index (Phi) is 3.44. The van der Waals surface area contributed by atoms with Crippen LogP contribution in [0.2, 0.25) is 0 Å². The smallest absolute Gasteiger partial charge is 0.126 e. The number of hydrogen-bond donors (Lipinski definition) is 1. The van der Waals surface area contributed by atoms with E-state index in [1.54, 1.807) is 18.5 Å². The van der Waals surface area contributed by atoms with E-state index in [0.717, 1.165) is 11.6 Å². The highest BCUT2D eigenvalue weighted by atomic mass is 19.1. The van der Waals surface area contributed by atoms with Crippen LogP contribution in [-0.4, -0.2) is 4.98 Å². The van der Waals surface area contributed by atoms with Gasteiger partial charge in [0.25, 0.3) is 0 Å². The van der Waals surface area contributed by atoms with Crippen molar-refractivity contribution >= 4 is 0 Å². The lowest BCUT2D eigenvalue weighted by atomic mass is 10.0. The Morgan fingerprint density at radius 1 is 1.18 bits per heavy atom. The molecule has 0 spiro atoms. The number of nitrogens with two attached hydrogens (primary N) is 1. The van der Waals surface area contributed by atoms with Crippen LogP contribution >= 0.6 is 0 Å². The highest BCUT2D eigenvalue weighted by Crippen LogP contribution is 2.16. The molecule has 0 bridgehead atoms. The summed E-state index contributed by atoms with van der Waals surface area (Å²) in [6, 6.07) is 6.73. The Labute approximate surface area is 98.1 Å². The first-order chi connectivity index (χ1) is 8.15. The van der Waals surface area contributed by atoms with Crippen LogP contribution in [0.15, 0.2) is 42.7 Å². The number of nitrogens with zero attached hydrogens (tertiary/aromatic N) is 1. The Hall–Kier alpha value is -1.81. The summed E-state index contributed by atoms with van der Waals surface area (Å²) in [6.45, 7) is 0. The topological polar surface area (TPSA) is 38.9 Å². The average Bonchev–Trinajstić information content (AvgIpc) is 2.28. The van der Waals surface area contributed by atoms with E-state index in [-0.39, 0.29) is 6.04 Å². The van der Waals surface area contributed by atoms with Crippen molar-refractivity contribution in [3.8, 4) is 0 Å². The maximum absolute atomic E-state index is 13.0. The monoisotopic (exact) mass is 234 g/mol. The molecular formula is C13H12F2N2. The zero-order valence-electron chi connectivity index (χ0n) is 9.11. The molecule has 0 fully saturated rings. The zero-order chi connectivity index (χ0) is 12.3. The van der Waals surface area contributed by atoms with E-state index in [1.807, 2.05) is 6.07 Å². The number of halogens is 2. The lowest BCUT2D eigenvalue weighted by Gasteiger charge is -2.11. The van der Waals surface area contributed by atoms with Gasteiger partial charge in [0, 0.05) is 24.5 Å². The predicted octanol–water partition coefficient (Wildman–Crippen LogP) is 2.60. The third-order valence-corrected chi connectivity index (χ3v) is 2.49. The molecule has 1 heterocycles. The van der Waals surface area contributed by atoms with E-state index in [9.17, 15) is 8.78 Å². The van der Waals surface area contributed by atoms with Gasteiger partial charge in [-0.25, -0.2) is 8.78 Å². The molecule has 2 nitrogen and oxygen atoms in total. The van der Waals surface area contributed by atoms with E-state index in [4.69, 9.17) is 5.73 Å². The van der Waals surface area contributed by atoms with Crippen molar-refractivity contribution in [2.75, 3.05) is 0 Å². The van der Waals surface area contributed by atoms with Crippen molar-refractivity contribution in [2.45, 2.75) is 12.5 Å². The van der Waals surface area contributed by atoms with Crippen LogP contribution < -0.4 is 5.73 Å². The number of pyridine rings is 1. The van der Waals surface area contributed by atoms with Gasteiger partial charge in [-0.15, -0.1) is 0 Å². The second-order valence-corrected chi connectivity index (χ2v) is 3.87. The van der Waals surface area contributed by atoms with Gasteiger partial charge in [-0.3, -0.25) is 4.98 Å². The van der Waals surface area contributed by atoms with Crippen molar-refractivity contribution in [3.05, 3.63) is 65.5 Å². The minimum absolute atomic E-state index is 0.315. The SMILES string of the molecule is NC(Cc1cc(F)cc(F)c1)c1cccnc1. The summed E-state index contributed by atoms with van der Waals surface area (Å²) in [7, 11) is 0. The summed E-state index contributed by atoms with van der Waals surface area (Å²) < 4.78 is 26.0. The molecule has 0 saturated heterocycles. The van der Waals surface area contributed by atoms with Gasteiger partial charge in [-0.1, -0.05) is 6.07 Å².